The van der Waals surface area contributed by atoms with E-state index >= 15 is 0 Å². The van der Waals surface area contributed by atoms with Crippen molar-refractivity contribution in [2.75, 3.05) is 6.61 Å². The molecular formula is C15H18N2O. The molecule has 0 N–H and O–H groups in total. The van der Waals surface area contributed by atoms with Crippen LogP contribution in [0.4, 0.5) is 0 Å². The van der Waals surface area contributed by atoms with Gasteiger partial charge in [0.1, 0.15) is 12.4 Å². The molecular weight excluding hydrogens is 224 g/mol. The zero-order valence-corrected chi connectivity index (χ0v) is 11.1. The van der Waals surface area contributed by atoms with Crippen LogP contribution in [0.25, 0.3) is 11.3 Å². The molecule has 0 unspecified atom stereocenters. The molecule has 1 aromatic heterocycles. The summed E-state index contributed by atoms with van der Waals surface area (Å²) in [5, 5.41) is 4.72. The topological polar surface area (TPSA) is 27.1 Å². The van der Waals surface area contributed by atoms with Gasteiger partial charge in [-0.15, -0.1) is 0 Å². The van der Waals surface area contributed by atoms with Crippen molar-refractivity contribution in [3.05, 3.63) is 36.0 Å². The van der Waals surface area contributed by atoms with E-state index in [1.807, 2.05) is 18.2 Å². The van der Waals surface area contributed by atoms with Gasteiger partial charge in [0, 0.05) is 11.0 Å². The van der Waals surface area contributed by atoms with E-state index in [1.165, 1.54) is 0 Å². The van der Waals surface area contributed by atoms with Crippen LogP contribution in [0.5, 0.6) is 5.75 Å². The maximum absolute atomic E-state index is 5.75. The third-order valence-corrected chi connectivity index (χ3v) is 3.27. The predicted octanol–water partition coefficient (Wildman–Crippen LogP) is 3.24. The Balaban J connectivity index is 2.18. The van der Waals surface area contributed by atoms with E-state index in [2.05, 4.69) is 37.6 Å². The first-order valence-corrected chi connectivity index (χ1v) is 6.36. The average molecular weight is 242 g/mol. The van der Waals surface area contributed by atoms with Crippen LogP contribution < -0.4 is 4.74 Å². The standard InChI is InChI=1S/C15H18N2O/c1-15(2,3)14-10-12-11-6-4-5-7-13(11)18-9-8-17(12)16-14/h4-7,10H,8-9H2,1-3H3. The summed E-state index contributed by atoms with van der Waals surface area (Å²) in [7, 11) is 0. The van der Waals surface area contributed by atoms with Gasteiger partial charge in [-0.05, 0) is 18.2 Å². The molecule has 1 aliphatic rings. The van der Waals surface area contributed by atoms with Crippen LogP contribution in [0.2, 0.25) is 0 Å². The number of aromatic nitrogens is 2. The number of nitrogens with zero attached hydrogens (tertiary/aromatic N) is 2. The lowest BCUT2D eigenvalue weighted by atomic mass is 9.92. The van der Waals surface area contributed by atoms with Gasteiger partial charge in [0.05, 0.1) is 17.9 Å². The summed E-state index contributed by atoms with van der Waals surface area (Å²) in [5.41, 5.74) is 3.51. The van der Waals surface area contributed by atoms with Crippen molar-refractivity contribution < 1.29 is 4.74 Å². The summed E-state index contributed by atoms with van der Waals surface area (Å²) >= 11 is 0. The summed E-state index contributed by atoms with van der Waals surface area (Å²) < 4.78 is 7.82. The number of fused-ring (bicyclic) bond motifs is 3. The maximum atomic E-state index is 5.75. The van der Waals surface area contributed by atoms with E-state index in [1.54, 1.807) is 0 Å². The molecule has 3 nitrogen and oxygen atoms in total. The van der Waals surface area contributed by atoms with Crippen LogP contribution in [0.1, 0.15) is 26.5 Å². The van der Waals surface area contributed by atoms with Crippen molar-refractivity contribution in [2.45, 2.75) is 32.7 Å². The van der Waals surface area contributed by atoms with Crippen LogP contribution in [-0.2, 0) is 12.0 Å². The molecule has 0 radical (unpaired) electrons. The van der Waals surface area contributed by atoms with Crippen molar-refractivity contribution in [3.8, 4) is 17.0 Å². The number of hydrogen-bond acceptors (Lipinski definition) is 2. The highest BCUT2D eigenvalue weighted by atomic mass is 16.5. The van der Waals surface area contributed by atoms with E-state index in [9.17, 15) is 0 Å². The van der Waals surface area contributed by atoms with Gasteiger partial charge in [0.2, 0.25) is 0 Å². The van der Waals surface area contributed by atoms with E-state index in [0.29, 0.717) is 6.61 Å². The molecule has 18 heavy (non-hydrogen) atoms. The fourth-order valence-corrected chi connectivity index (χ4v) is 2.22. The lowest BCUT2D eigenvalue weighted by Crippen LogP contribution is -2.14. The minimum atomic E-state index is 0.0784. The first-order chi connectivity index (χ1) is 8.55. The second-order valence-electron chi connectivity index (χ2n) is 5.73. The minimum absolute atomic E-state index is 0.0784. The molecule has 0 spiro atoms. The van der Waals surface area contributed by atoms with Gasteiger partial charge >= 0.3 is 0 Å². The Labute approximate surface area is 107 Å². The van der Waals surface area contributed by atoms with Gasteiger partial charge in [-0.1, -0.05) is 32.9 Å². The third kappa shape index (κ3) is 1.80. The zero-order chi connectivity index (χ0) is 12.8. The Bertz CT molecular complexity index is 578. The van der Waals surface area contributed by atoms with Gasteiger partial charge in [-0.25, -0.2) is 0 Å². The monoisotopic (exact) mass is 242 g/mol. The molecule has 0 bridgehead atoms. The molecule has 0 aliphatic carbocycles. The molecule has 2 aromatic rings. The molecule has 2 heterocycles. The molecule has 94 valence electrons. The largest absolute Gasteiger partial charge is 0.491 e. The lowest BCUT2D eigenvalue weighted by Gasteiger charge is -2.14. The van der Waals surface area contributed by atoms with Crippen LogP contribution >= 0.6 is 0 Å². The molecule has 3 rings (SSSR count). The maximum Gasteiger partial charge on any atom is 0.128 e. The fraction of sp³-hybridized carbons (Fsp3) is 0.400. The summed E-state index contributed by atoms with van der Waals surface area (Å²) in [6.45, 7) is 8.06. The van der Waals surface area contributed by atoms with Gasteiger partial charge in [-0.2, -0.15) is 5.10 Å². The number of rotatable bonds is 0. The number of hydrogen-bond donors (Lipinski definition) is 0. The molecule has 3 heteroatoms. The summed E-state index contributed by atoms with van der Waals surface area (Å²) in [5.74, 6) is 0.955. The van der Waals surface area contributed by atoms with Gasteiger partial charge in [0.25, 0.3) is 0 Å². The smallest absolute Gasteiger partial charge is 0.128 e. The summed E-state index contributed by atoms with van der Waals surface area (Å²) in [6, 6.07) is 10.4. The highest BCUT2D eigenvalue weighted by Crippen LogP contribution is 2.34. The second kappa shape index (κ2) is 3.87. The van der Waals surface area contributed by atoms with Crippen molar-refractivity contribution in [1.82, 2.24) is 9.78 Å². The molecule has 0 saturated carbocycles. The van der Waals surface area contributed by atoms with Crippen molar-refractivity contribution in [2.24, 2.45) is 0 Å². The van der Waals surface area contributed by atoms with Crippen molar-refractivity contribution >= 4 is 0 Å². The summed E-state index contributed by atoms with van der Waals surface area (Å²) in [6.07, 6.45) is 0. The molecule has 0 fully saturated rings. The Morgan fingerprint density at radius 3 is 2.78 bits per heavy atom. The van der Waals surface area contributed by atoms with Gasteiger partial charge in [-0.3, -0.25) is 4.68 Å². The van der Waals surface area contributed by atoms with E-state index in [4.69, 9.17) is 9.84 Å². The highest BCUT2D eigenvalue weighted by Gasteiger charge is 2.23. The number of ether oxygens (including phenoxy) is 1. The molecule has 0 saturated heterocycles. The first kappa shape index (κ1) is 11.3. The Hall–Kier alpha value is -1.77. The van der Waals surface area contributed by atoms with Gasteiger partial charge < -0.3 is 4.74 Å². The van der Waals surface area contributed by atoms with Crippen LogP contribution in [0.15, 0.2) is 30.3 Å². The molecule has 0 atom stereocenters. The molecule has 1 aromatic carbocycles. The zero-order valence-electron chi connectivity index (χ0n) is 11.1. The fourth-order valence-electron chi connectivity index (χ4n) is 2.22. The van der Waals surface area contributed by atoms with Crippen LogP contribution in [0.3, 0.4) is 0 Å². The SMILES string of the molecule is CC(C)(C)c1cc2n(n1)CCOc1ccccc1-2. The van der Waals surface area contributed by atoms with Crippen molar-refractivity contribution in [1.29, 1.82) is 0 Å². The number of para-hydroxylation sites is 1. The quantitative estimate of drug-likeness (QED) is 0.709. The molecule has 0 amide bonds. The number of benzene rings is 1. The summed E-state index contributed by atoms with van der Waals surface area (Å²) in [4.78, 5) is 0. The Kier molecular flexibility index (Phi) is 2.44. The third-order valence-electron chi connectivity index (χ3n) is 3.27. The normalized spacial score (nSPS) is 14.4. The van der Waals surface area contributed by atoms with E-state index in [-0.39, 0.29) is 5.41 Å². The average Bonchev–Trinajstić information content (AvgIpc) is 2.67. The van der Waals surface area contributed by atoms with Crippen LogP contribution in [0, 0.1) is 0 Å². The first-order valence-electron chi connectivity index (χ1n) is 6.36. The predicted molar refractivity (Wildman–Crippen MR) is 71.9 cm³/mol. The highest BCUT2D eigenvalue weighted by molar-refractivity contribution is 5.68. The lowest BCUT2D eigenvalue weighted by molar-refractivity contribution is 0.299. The Morgan fingerprint density at radius 2 is 2.00 bits per heavy atom. The van der Waals surface area contributed by atoms with E-state index < -0.39 is 0 Å². The molecule has 1 aliphatic heterocycles. The van der Waals surface area contributed by atoms with Crippen molar-refractivity contribution in [3.63, 3.8) is 0 Å². The minimum Gasteiger partial charge on any atom is -0.491 e. The second-order valence-corrected chi connectivity index (χ2v) is 5.73. The van der Waals surface area contributed by atoms with E-state index in [0.717, 1.165) is 29.2 Å². The Morgan fingerprint density at radius 1 is 1.22 bits per heavy atom. The van der Waals surface area contributed by atoms with Crippen LogP contribution in [-0.4, -0.2) is 16.4 Å². The van der Waals surface area contributed by atoms with Gasteiger partial charge in [0.15, 0.2) is 0 Å².